The highest BCUT2D eigenvalue weighted by atomic mass is 79.9. The fraction of sp³-hybridized carbons (Fsp3) is 0.304. The molecule has 1 saturated heterocycles. The molecule has 7 heteroatoms. The van der Waals surface area contributed by atoms with E-state index in [0.717, 1.165) is 27.8 Å². The van der Waals surface area contributed by atoms with Crippen molar-refractivity contribution in [2.45, 2.75) is 25.5 Å². The Hall–Kier alpha value is -2.64. The SMILES string of the molecule is COCCN1C(=O)C(=O)/C(=C(\O)c2ccc3c(c2)CC(C)O3)C1c1cccc(Br)c1. The Morgan fingerprint density at radius 3 is 2.80 bits per heavy atom. The van der Waals surface area contributed by atoms with Crippen molar-refractivity contribution in [2.24, 2.45) is 0 Å². The van der Waals surface area contributed by atoms with E-state index in [-0.39, 0.29) is 30.6 Å². The lowest BCUT2D eigenvalue weighted by Gasteiger charge is -2.25. The number of benzene rings is 2. The molecule has 2 unspecified atom stereocenters. The first-order chi connectivity index (χ1) is 14.4. The van der Waals surface area contributed by atoms with E-state index < -0.39 is 17.7 Å². The van der Waals surface area contributed by atoms with E-state index in [1.54, 1.807) is 12.1 Å². The standard InChI is InChI=1S/C23H22BrNO5/c1-13-10-16-11-15(6-7-18(16)30-13)21(26)19-20(14-4-3-5-17(24)12-14)25(8-9-29-2)23(28)22(19)27/h3-7,11-13,20,26H,8-10H2,1-2H3/b21-19-. The molecule has 1 fully saturated rings. The number of amides is 1. The minimum atomic E-state index is -0.696. The molecular weight excluding hydrogens is 450 g/mol. The van der Waals surface area contributed by atoms with Crippen LogP contribution < -0.4 is 4.74 Å². The molecule has 0 spiro atoms. The van der Waals surface area contributed by atoms with Gasteiger partial charge < -0.3 is 19.5 Å². The van der Waals surface area contributed by atoms with Gasteiger partial charge in [0, 0.05) is 30.1 Å². The maximum atomic E-state index is 13.0. The highest BCUT2D eigenvalue weighted by molar-refractivity contribution is 9.10. The Morgan fingerprint density at radius 2 is 2.07 bits per heavy atom. The summed E-state index contributed by atoms with van der Waals surface area (Å²) in [5.74, 6) is -0.737. The summed E-state index contributed by atoms with van der Waals surface area (Å²) in [4.78, 5) is 27.2. The van der Waals surface area contributed by atoms with Crippen molar-refractivity contribution in [1.29, 1.82) is 0 Å². The van der Waals surface area contributed by atoms with Crippen LogP contribution in [0.25, 0.3) is 5.76 Å². The smallest absolute Gasteiger partial charge is 0.295 e. The Labute approximate surface area is 183 Å². The van der Waals surface area contributed by atoms with Crippen LogP contribution in [0.1, 0.15) is 29.7 Å². The second-order valence-corrected chi connectivity index (χ2v) is 8.41. The number of halogens is 1. The average Bonchev–Trinajstić information content (AvgIpc) is 3.22. The predicted octanol–water partition coefficient (Wildman–Crippen LogP) is 3.84. The maximum Gasteiger partial charge on any atom is 0.295 e. The summed E-state index contributed by atoms with van der Waals surface area (Å²) in [5.41, 5.74) is 2.29. The van der Waals surface area contributed by atoms with Crippen LogP contribution in [0.15, 0.2) is 52.5 Å². The first-order valence-corrected chi connectivity index (χ1v) is 10.5. The van der Waals surface area contributed by atoms with Crippen LogP contribution >= 0.6 is 15.9 Å². The first-order valence-electron chi connectivity index (χ1n) is 9.73. The topological polar surface area (TPSA) is 76.1 Å². The van der Waals surface area contributed by atoms with Crippen molar-refractivity contribution < 1.29 is 24.2 Å². The fourth-order valence-corrected chi connectivity index (χ4v) is 4.47. The Morgan fingerprint density at radius 1 is 1.27 bits per heavy atom. The molecule has 2 aliphatic rings. The lowest BCUT2D eigenvalue weighted by molar-refractivity contribution is -0.140. The molecule has 0 saturated carbocycles. The zero-order valence-electron chi connectivity index (χ0n) is 16.7. The molecule has 4 rings (SSSR count). The summed E-state index contributed by atoms with van der Waals surface area (Å²) in [7, 11) is 1.54. The molecule has 2 aliphatic heterocycles. The molecular formula is C23H22BrNO5. The molecule has 1 N–H and O–H groups in total. The van der Waals surface area contributed by atoms with Gasteiger partial charge in [0.1, 0.15) is 17.6 Å². The van der Waals surface area contributed by atoms with Crippen molar-refractivity contribution in [2.75, 3.05) is 20.3 Å². The molecule has 0 aliphatic carbocycles. The monoisotopic (exact) mass is 471 g/mol. The van der Waals surface area contributed by atoms with Gasteiger partial charge in [-0.25, -0.2) is 0 Å². The number of aliphatic hydroxyl groups excluding tert-OH is 1. The highest BCUT2D eigenvalue weighted by Crippen LogP contribution is 2.41. The van der Waals surface area contributed by atoms with Crippen LogP contribution in [0.3, 0.4) is 0 Å². The van der Waals surface area contributed by atoms with E-state index in [2.05, 4.69) is 15.9 Å². The summed E-state index contributed by atoms with van der Waals surface area (Å²) in [6, 6.07) is 12.0. The minimum absolute atomic E-state index is 0.0682. The van der Waals surface area contributed by atoms with Crippen molar-refractivity contribution in [3.8, 4) is 5.75 Å². The third-order valence-electron chi connectivity index (χ3n) is 5.41. The molecule has 0 bridgehead atoms. The summed E-state index contributed by atoms with van der Waals surface area (Å²) >= 11 is 3.45. The number of hydrogen-bond donors (Lipinski definition) is 1. The molecule has 1 amide bonds. The Kier molecular flexibility index (Phi) is 5.66. The third kappa shape index (κ3) is 3.63. The number of Topliss-reactive ketones (excluding diaryl/α,β-unsaturated/α-hetero) is 1. The van der Waals surface area contributed by atoms with Crippen LogP contribution in [0.5, 0.6) is 5.75 Å². The van der Waals surface area contributed by atoms with Crippen molar-refractivity contribution in [3.05, 3.63) is 69.2 Å². The Bertz CT molecular complexity index is 1050. The first kappa shape index (κ1) is 20.6. The molecule has 6 nitrogen and oxygen atoms in total. The van der Waals surface area contributed by atoms with Gasteiger partial charge in [0.25, 0.3) is 11.7 Å². The number of carbonyl (C=O) groups is 2. The van der Waals surface area contributed by atoms with Gasteiger partial charge in [-0.15, -0.1) is 0 Å². The number of ether oxygens (including phenoxy) is 2. The normalized spacial score (nSPS) is 22.3. The molecule has 0 radical (unpaired) electrons. The summed E-state index contributed by atoms with van der Waals surface area (Å²) in [6.45, 7) is 2.50. The van der Waals surface area contributed by atoms with E-state index in [1.165, 1.54) is 12.0 Å². The zero-order valence-corrected chi connectivity index (χ0v) is 18.3. The number of likely N-dealkylation sites (tertiary alicyclic amines) is 1. The second-order valence-electron chi connectivity index (χ2n) is 7.50. The highest BCUT2D eigenvalue weighted by Gasteiger charge is 2.46. The van der Waals surface area contributed by atoms with Crippen LogP contribution in [0.4, 0.5) is 0 Å². The van der Waals surface area contributed by atoms with Gasteiger partial charge in [-0.1, -0.05) is 28.1 Å². The number of ketones is 1. The van der Waals surface area contributed by atoms with E-state index in [9.17, 15) is 14.7 Å². The number of hydrogen-bond acceptors (Lipinski definition) is 5. The number of carbonyl (C=O) groups excluding carboxylic acids is 2. The molecule has 2 aromatic carbocycles. The molecule has 2 heterocycles. The van der Waals surface area contributed by atoms with Crippen LogP contribution in [0, 0.1) is 0 Å². The van der Waals surface area contributed by atoms with Gasteiger partial charge in [-0.2, -0.15) is 0 Å². The predicted molar refractivity (Wildman–Crippen MR) is 115 cm³/mol. The molecule has 2 aromatic rings. The van der Waals surface area contributed by atoms with Gasteiger partial charge >= 0.3 is 0 Å². The molecule has 2 atom stereocenters. The summed E-state index contributed by atoms with van der Waals surface area (Å²) in [5, 5.41) is 11.1. The van der Waals surface area contributed by atoms with E-state index in [0.29, 0.717) is 5.56 Å². The quantitative estimate of drug-likeness (QED) is 0.407. The lowest BCUT2D eigenvalue weighted by atomic mass is 9.94. The number of rotatable bonds is 5. The van der Waals surface area contributed by atoms with E-state index in [1.807, 2.05) is 37.3 Å². The average molecular weight is 472 g/mol. The van der Waals surface area contributed by atoms with Crippen LogP contribution in [-0.4, -0.2) is 48.1 Å². The number of aliphatic hydroxyl groups is 1. The van der Waals surface area contributed by atoms with Crippen LogP contribution in [0.2, 0.25) is 0 Å². The van der Waals surface area contributed by atoms with Crippen LogP contribution in [-0.2, 0) is 20.7 Å². The largest absolute Gasteiger partial charge is 0.507 e. The second kappa shape index (κ2) is 8.24. The lowest BCUT2D eigenvalue weighted by Crippen LogP contribution is -2.32. The minimum Gasteiger partial charge on any atom is -0.507 e. The van der Waals surface area contributed by atoms with Gasteiger partial charge in [0.15, 0.2) is 0 Å². The van der Waals surface area contributed by atoms with E-state index in [4.69, 9.17) is 9.47 Å². The van der Waals surface area contributed by atoms with Gasteiger partial charge in [-0.3, -0.25) is 9.59 Å². The third-order valence-corrected chi connectivity index (χ3v) is 5.90. The molecule has 156 valence electrons. The summed E-state index contributed by atoms with van der Waals surface area (Å²) < 4.78 is 11.7. The Balaban J connectivity index is 1.83. The summed E-state index contributed by atoms with van der Waals surface area (Å²) in [6.07, 6.45) is 0.798. The van der Waals surface area contributed by atoms with E-state index >= 15 is 0 Å². The number of fused-ring (bicyclic) bond motifs is 1. The van der Waals surface area contributed by atoms with Gasteiger partial charge in [0.2, 0.25) is 0 Å². The zero-order chi connectivity index (χ0) is 21.4. The number of methoxy groups -OCH3 is 1. The molecule has 0 aromatic heterocycles. The van der Waals surface area contributed by atoms with Crippen molar-refractivity contribution >= 4 is 33.4 Å². The van der Waals surface area contributed by atoms with Gasteiger partial charge in [0.05, 0.1) is 18.2 Å². The molecule has 30 heavy (non-hydrogen) atoms. The number of nitrogens with zero attached hydrogens (tertiary/aromatic N) is 1. The van der Waals surface area contributed by atoms with Crippen molar-refractivity contribution in [3.63, 3.8) is 0 Å². The fourth-order valence-electron chi connectivity index (χ4n) is 4.05. The van der Waals surface area contributed by atoms with Crippen molar-refractivity contribution in [1.82, 2.24) is 4.90 Å². The maximum absolute atomic E-state index is 13.0. The van der Waals surface area contributed by atoms with Gasteiger partial charge in [-0.05, 0) is 48.4 Å².